The van der Waals surface area contributed by atoms with Crippen LogP contribution in [0.25, 0.3) is 32.7 Å². The first-order valence-corrected chi connectivity index (χ1v) is 24.1. The first-order chi connectivity index (χ1) is 32.0. The predicted molar refractivity (Wildman–Crippen MR) is 255 cm³/mol. The molecule has 6 heterocycles. The van der Waals surface area contributed by atoms with Crippen molar-refractivity contribution in [1.82, 2.24) is 29.7 Å². The second-order valence-corrected chi connectivity index (χ2v) is 20.0. The highest BCUT2D eigenvalue weighted by molar-refractivity contribution is 7.19. The molecule has 66 heavy (non-hydrogen) atoms. The zero-order valence-corrected chi connectivity index (χ0v) is 39.8. The van der Waals surface area contributed by atoms with Gasteiger partial charge in [-0.3, -0.25) is 4.90 Å². The van der Waals surface area contributed by atoms with Gasteiger partial charge in [-0.15, -0.1) is 11.3 Å². The summed E-state index contributed by atoms with van der Waals surface area (Å²) in [6, 6.07) is 14.7. The Bertz CT molecular complexity index is 2780. The van der Waals surface area contributed by atoms with E-state index >= 15 is 0 Å². The predicted octanol–water partition coefficient (Wildman–Crippen LogP) is 9.84. The van der Waals surface area contributed by atoms with Gasteiger partial charge in [-0.25, -0.2) is 24.7 Å². The average molecular weight is 952 g/mol. The number of hydrogen-bond acceptors (Lipinski definition) is 13. The highest BCUT2D eigenvalue weighted by atomic mass is 35.5. The van der Waals surface area contributed by atoms with Crippen molar-refractivity contribution in [2.24, 2.45) is 5.41 Å². The number of methoxy groups -OCH3 is 1. The van der Waals surface area contributed by atoms with Crippen molar-refractivity contribution < 1.29 is 33.6 Å². The quantitative estimate of drug-likeness (QED) is 0.147. The smallest absolute Gasteiger partial charge is 0.345 e. The van der Waals surface area contributed by atoms with E-state index < -0.39 is 18.2 Å². The molecule has 0 amide bonds. The van der Waals surface area contributed by atoms with Gasteiger partial charge < -0.3 is 33.7 Å². The standard InChI is InChI=1S/C50H52Cl2N6O7S/c1-28-39-29(2)43(52)44(42(28)51)64-34(24-58-18-16-57(3)17-19-58)26-62-33-10-11-36(63-25-32-12-15-53-46(56-32)35-8-5-6-9-37(35)61-4)30(20-33)21-38(49(59)60)65-47-41-40(39)45(66-48(41)55-27-54-47)31-22-50(23-31)13-7-14-50/h5-6,8-12,15,20,27,31,34,38H,7,13-14,16-19,21-26H2,1-4H3,(H,59,60)/t34-,38-/m1/s1. The molecule has 0 unspecified atom stereocenters. The molecule has 3 aliphatic heterocycles. The number of aliphatic carboxylic acids is 1. The Hall–Kier alpha value is -5.25. The number of rotatable bonds is 9. The van der Waals surface area contributed by atoms with E-state index in [0.717, 1.165) is 71.7 Å². The van der Waals surface area contributed by atoms with Crippen molar-refractivity contribution >= 4 is 50.7 Å². The Morgan fingerprint density at radius 1 is 0.955 bits per heavy atom. The SMILES string of the molecule is COc1ccccc1-c1nccc(COc2ccc3cc2C[C@H](C(=O)O)Oc2ncnc4sc(C5CC6(CCC6)C5)c(c24)-c2c(C)c(Cl)c(c(Cl)c2C)O[C@H](CN2CCN(C)CC2)CO3)n1. The minimum Gasteiger partial charge on any atom is -0.496 e. The van der Waals surface area contributed by atoms with Crippen LogP contribution in [0.3, 0.4) is 0 Å². The van der Waals surface area contributed by atoms with Crippen LogP contribution >= 0.6 is 34.5 Å². The molecule has 5 aliphatic rings. The molecule has 3 aromatic carbocycles. The van der Waals surface area contributed by atoms with Gasteiger partial charge in [0.1, 0.15) is 47.7 Å². The number of halogens is 2. The maximum absolute atomic E-state index is 13.4. The summed E-state index contributed by atoms with van der Waals surface area (Å²) in [6.45, 7) is 8.39. The van der Waals surface area contributed by atoms with Crippen molar-refractivity contribution in [3.8, 4) is 51.4 Å². The van der Waals surface area contributed by atoms with Crippen molar-refractivity contribution in [3.05, 3.63) is 98.4 Å². The van der Waals surface area contributed by atoms with Crippen LogP contribution in [0.4, 0.5) is 0 Å². The van der Waals surface area contributed by atoms with Gasteiger partial charge in [-0.1, -0.05) is 41.8 Å². The number of carboxylic acids is 1. The lowest BCUT2D eigenvalue weighted by Gasteiger charge is -2.54. The van der Waals surface area contributed by atoms with Gasteiger partial charge in [0.2, 0.25) is 12.0 Å². The summed E-state index contributed by atoms with van der Waals surface area (Å²) in [5, 5.41) is 12.4. The second-order valence-electron chi connectivity index (χ2n) is 18.2. The fourth-order valence-electron chi connectivity index (χ4n) is 10.1. The molecule has 0 radical (unpaired) electrons. The van der Waals surface area contributed by atoms with E-state index in [1.54, 1.807) is 48.9 Å². The molecular weight excluding hydrogens is 900 g/mol. The van der Waals surface area contributed by atoms with E-state index in [-0.39, 0.29) is 31.4 Å². The first kappa shape index (κ1) is 44.6. The third-order valence-corrected chi connectivity index (χ3v) is 16.0. The number of fused-ring (bicyclic) bond motifs is 7. The summed E-state index contributed by atoms with van der Waals surface area (Å²) in [7, 11) is 3.74. The molecule has 2 atom stereocenters. The summed E-state index contributed by atoms with van der Waals surface area (Å²) >= 11 is 16.4. The van der Waals surface area contributed by atoms with Gasteiger partial charge in [-0.2, -0.15) is 0 Å². The molecule has 3 aromatic heterocycles. The Morgan fingerprint density at radius 2 is 1.73 bits per heavy atom. The van der Waals surface area contributed by atoms with Crippen LogP contribution in [0.15, 0.2) is 61.1 Å². The van der Waals surface area contributed by atoms with Gasteiger partial charge in [-0.05, 0) is 111 Å². The monoisotopic (exact) mass is 950 g/mol. The van der Waals surface area contributed by atoms with Crippen LogP contribution in [0.5, 0.6) is 28.9 Å². The van der Waals surface area contributed by atoms with E-state index in [1.165, 1.54) is 25.6 Å². The summed E-state index contributed by atoms with van der Waals surface area (Å²) in [4.78, 5) is 38.6. The molecule has 4 bridgehead atoms. The topological polar surface area (TPSA) is 141 Å². The molecule has 2 saturated carbocycles. The van der Waals surface area contributed by atoms with Crippen LogP contribution in [0, 0.1) is 19.3 Å². The number of piperazine rings is 1. The molecular formula is C50H52Cl2N6O7S. The number of hydrogen-bond donors (Lipinski definition) is 1. The lowest BCUT2D eigenvalue weighted by Crippen LogP contribution is -2.49. The number of aromatic nitrogens is 4. The zero-order chi connectivity index (χ0) is 45.7. The largest absolute Gasteiger partial charge is 0.496 e. The average Bonchev–Trinajstić information content (AvgIpc) is 3.67. The molecule has 2 aliphatic carbocycles. The first-order valence-electron chi connectivity index (χ1n) is 22.5. The van der Waals surface area contributed by atoms with E-state index in [2.05, 4.69) is 26.8 Å². The Kier molecular flexibility index (Phi) is 12.5. The number of benzene rings is 3. The van der Waals surface area contributed by atoms with Crippen LogP contribution in [-0.2, 0) is 17.8 Å². The molecule has 16 heteroatoms. The van der Waals surface area contributed by atoms with Crippen molar-refractivity contribution in [3.63, 3.8) is 0 Å². The summed E-state index contributed by atoms with van der Waals surface area (Å²) in [5.74, 6) is 1.78. The summed E-state index contributed by atoms with van der Waals surface area (Å²) in [6.07, 6.45) is 7.11. The molecule has 1 N–H and O–H groups in total. The fraction of sp³-hybridized carbons (Fsp3) is 0.420. The lowest BCUT2D eigenvalue weighted by molar-refractivity contribution is -0.145. The van der Waals surface area contributed by atoms with E-state index in [1.807, 2.05) is 38.1 Å². The minimum atomic E-state index is -1.38. The Labute approximate surface area is 398 Å². The van der Waals surface area contributed by atoms with E-state index in [4.69, 9.17) is 56.9 Å². The van der Waals surface area contributed by atoms with E-state index in [9.17, 15) is 9.90 Å². The van der Waals surface area contributed by atoms with Crippen LogP contribution in [0.2, 0.25) is 10.0 Å². The van der Waals surface area contributed by atoms with Gasteiger partial charge in [0.05, 0.1) is 33.8 Å². The molecule has 1 saturated heterocycles. The number of carbonyl (C=O) groups is 1. The van der Waals surface area contributed by atoms with Gasteiger partial charge in [0, 0.05) is 61.3 Å². The number of thiophene rings is 1. The Balaban J connectivity index is 1.07. The van der Waals surface area contributed by atoms with Crippen molar-refractivity contribution in [2.75, 3.05) is 53.5 Å². The number of likely N-dealkylation sites (N-methyl/N-ethyl adjacent to an activating group) is 1. The highest BCUT2D eigenvalue weighted by Gasteiger charge is 2.50. The number of ether oxygens (including phenoxy) is 5. The molecule has 344 valence electrons. The minimum absolute atomic E-state index is 0.0743. The normalized spacial score (nSPS) is 19.8. The molecule has 3 fully saturated rings. The second kappa shape index (κ2) is 18.4. The van der Waals surface area contributed by atoms with Gasteiger partial charge in [0.15, 0.2) is 11.6 Å². The molecule has 1 spiro atoms. The maximum atomic E-state index is 13.4. The van der Waals surface area contributed by atoms with E-state index in [0.29, 0.717) is 72.3 Å². The van der Waals surface area contributed by atoms with Crippen molar-refractivity contribution in [1.29, 1.82) is 0 Å². The van der Waals surface area contributed by atoms with Crippen molar-refractivity contribution in [2.45, 2.75) is 77.1 Å². The van der Waals surface area contributed by atoms with Crippen LogP contribution in [0.1, 0.15) is 65.3 Å². The van der Waals surface area contributed by atoms with Crippen LogP contribution in [-0.4, -0.2) is 107 Å². The van der Waals surface area contributed by atoms with Crippen LogP contribution < -0.4 is 23.7 Å². The number of para-hydroxylation sites is 1. The maximum Gasteiger partial charge on any atom is 0.345 e. The third-order valence-electron chi connectivity index (χ3n) is 13.9. The third kappa shape index (κ3) is 8.62. The summed E-state index contributed by atoms with van der Waals surface area (Å²) in [5.41, 5.74) is 5.66. The lowest BCUT2D eigenvalue weighted by atomic mass is 9.51. The summed E-state index contributed by atoms with van der Waals surface area (Å²) < 4.78 is 32.1. The van der Waals surface area contributed by atoms with Gasteiger partial charge >= 0.3 is 5.97 Å². The molecule has 13 nitrogen and oxygen atoms in total. The number of nitrogens with zero attached hydrogens (tertiary/aromatic N) is 6. The molecule has 6 aromatic rings. The zero-order valence-electron chi connectivity index (χ0n) is 37.4. The fourth-order valence-corrected chi connectivity index (χ4v) is 11.8. The number of carboxylic acid groups (broad SMARTS) is 1. The highest BCUT2D eigenvalue weighted by Crippen LogP contribution is 2.65. The Morgan fingerprint density at radius 3 is 2.45 bits per heavy atom. The molecule has 11 rings (SSSR count). The van der Waals surface area contributed by atoms with Gasteiger partial charge in [0.25, 0.3) is 0 Å².